The van der Waals surface area contributed by atoms with Crippen LogP contribution in [0.2, 0.25) is 0 Å². The van der Waals surface area contributed by atoms with Gasteiger partial charge in [-0.1, -0.05) is 27.7 Å². The summed E-state index contributed by atoms with van der Waals surface area (Å²) in [6.07, 6.45) is 6.00. The Balaban J connectivity index is 2.15. The summed E-state index contributed by atoms with van der Waals surface area (Å²) in [5.41, 5.74) is 0.250. The molecule has 0 aliphatic carbocycles. The van der Waals surface area contributed by atoms with Gasteiger partial charge in [-0.05, 0) is 24.8 Å². The minimum Gasteiger partial charge on any atom is -0.308 e. The molecule has 1 unspecified atom stereocenters. The molecule has 112 valence electrons. The highest BCUT2D eigenvalue weighted by Crippen LogP contribution is 2.26. The van der Waals surface area contributed by atoms with Crippen molar-refractivity contribution < 1.29 is 0 Å². The first-order valence-corrected chi connectivity index (χ1v) is 7.85. The lowest BCUT2D eigenvalue weighted by Gasteiger charge is -2.48. The normalized spacial score (nSPS) is 23.1. The number of nitrogens with one attached hydrogen (secondary N) is 1. The van der Waals surface area contributed by atoms with Gasteiger partial charge in [-0.3, -0.25) is 4.90 Å². The summed E-state index contributed by atoms with van der Waals surface area (Å²) in [5.74, 6) is 1.57. The predicted molar refractivity (Wildman–Crippen MR) is 82.4 cm³/mol. The van der Waals surface area contributed by atoms with Crippen LogP contribution in [-0.2, 0) is 6.54 Å². The smallest absolute Gasteiger partial charge is 0.142 e. The van der Waals surface area contributed by atoms with E-state index in [2.05, 4.69) is 47.9 Å². The molecular weight excluding hydrogens is 248 g/mol. The van der Waals surface area contributed by atoms with Crippen LogP contribution < -0.4 is 5.32 Å². The highest BCUT2D eigenvalue weighted by atomic mass is 15.3. The van der Waals surface area contributed by atoms with Crippen LogP contribution in [-0.4, -0.2) is 39.5 Å². The van der Waals surface area contributed by atoms with Crippen molar-refractivity contribution in [3.63, 3.8) is 0 Å². The summed E-state index contributed by atoms with van der Waals surface area (Å²) in [6, 6.07) is 2.44. The Hall–Kier alpha value is -1.00. The van der Waals surface area contributed by atoms with Gasteiger partial charge >= 0.3 is 0 Å². The van der Waals surface area contributed by atoms with Crippen LogP contribution in [0.1, 0.15) is 46.4 Å². The van der Waals surface area contributed by atoms with Gasteiger partial charge in [0.05, 0.1) is 6.54 Å². The number of piperazine rings is 1. The fourth-order valence-electron chi connectivity index (χ4n) is 3.16. The molecule has 0 amide bonds. The molecule has 0 aromatic carbocycles. The zero-order valence-electron chi connectivity index (χ0n) is 13.3. The Kier molecular flexibility index (Phi) is 5.11. The van der Waals surface area contributed by atoms with Gasteiger partial charge in [0.15, 0.2) is 0 Å². The summed E-state index contributed by atoms with van der Waals surface area (Å²) in [7, 11) is 0. The molecule has 0 bridgehead atoms. The summed E-state index contributed by atoms with van der Waals surface area (Å²) in [6.45, 7) is 12.2. The first-order valence-electron chi connectivity index (χ1n) is 7.85. The third-order valence-electron chi connectivity index (χ3n) is 4.75. The Bertz CT molecular complexity index is 400. The van der Waals surface area contributed by atoms with Gasteiger partial charge in [0.1, 0.15) is 5.82 Å². The molecule has 1 fully saturated rings. The van der Waals surface area contributed by atoms with Gasteiger partial charge < -0.3 is 5.32 Å². The molecule has 1 aliphatic heterocycles. The van der Waals surface area contributed by atoms with E-state index in [0.29, 0.717) is 12.0 Å². The average Bonchev–Trinajstić information content (AvgIpc) is 2.48. The van der Waals surface area contributed by atoms with Crippen molar-refractivity contribution in [3.05, 3.63) is 24.3 Å². The van der Waals surface area contributed by atoms with Crippen molar-refractivity contribution in [2.75, 3.05) is 13.1 Å². The van der Waals surface area contributed by atoms with Gasteiger partial charge in [-0.15, -0.1) is 0 Å². The molecule has 0 saturated carbocycles. The highest BCUT2D eigenvalue weighted by molar-refractivity contribution is 4.99. The standard InChI is InChI=1S/C16H28N4/c1-5-16(6-2)12-20(14(10-19-16)13(3)4)11-15-17-8-7-9-18-15/h7-9,13-14,19H,5-6,10-12H2,1-4H3. The summed E-state index contributed by atoms with van der Waals surface area (Å²) in [4.78, 5) is 11.4. The Morgan fingerprint density at radius 1 is 1.30 bits per heavy atom. The number of aromatic nitrogens is 2. The van der Waals surface area contributed by atoms with E-state index in [4.69, 9.17) is 0 Å². The van der Waals surface area contributed by atoms with Crippen molar-refractivity contribution in [1.29, 1.82) is 0 Å². The second kappa shape index (κ2) is 6.64. The van der Waals surface area contributed by atoms with Crippen LogP contribution in [0.5, 0.6) is 0 Å². The van der Waals surface area contributed by atoms with Crippen LogP contribution in [0.3, 0.4) is 0 Å². The van der Waals surface area contributed by atoms with Gasteiger partial charge in [-0.25, -0.2) is 9.97 Å². The summed E-state index contributed by atoms with van der Waals surface area (Å²) >= 11 is 0. The van der Waals surface area contributed by atoms with Gasteiger partial charge in [0, 0.05) is 37.1 Å². The molecule has 20 heavy (non-hydrogen) atoms. The van der Waals surface area contributed by atoms with Crippen LogP contribution in [0.4, 0.5) is 0 Å². The average molecular weight is 276 g/mol. The van der Waals surface area contributed by atoms with E-state index in [0.717, 1.165) is 25.5 Å². The lowest BCUT2D eigenvalue weighted by molar-refractivity contribution is 0.0424. The predicted octanol–water partition coefficient (Wildman–Crippen LogP) is 2.47. The fourth-order valence-corrected chi connectivity index (χ4v) is 3.16. The number of rotatable bonds is 5. The molecule has 4 heteroatoms. The lowest BCUT2D eigenvalue weighted by atomic mass is 9.86. The molecule has 1 aromatic heterocycles. The number of hydrogen-bond donors (Lipinski definition) is 1. The summed E-state index contributed by atoms with van der Waals surface area (Å²) < 4.78 is 0. The topological polar surface area (TPSA) is 41.1 Å². The van der Waals surface area contributed by atoms with E-state index in [1.807, 2.05) is 18.5 Å². The van der Waals surface area contributed by atoms with E-state index in [1.165, 1.54) is 12.8 Å². The van der Waals surface area contributed by atoms with E-state index >= 15 is 0 Å². The molecule has 1 aliphatic rings. The van der Waals surface area contributed by atoms with E-state index in [1.54, 1.807) is 0 Å². The van der Waals surface area contributed by atoms with Crippen LogP contribution in [0, 0.1) is 5.92 Å². The van der Waals surface area contributed by atoms with Crippen molar-refractivity contribution >= 4 is 0 Å². The molecule has 1 aromatic rings. The second-order valence-electron chi connectivity index (χ2n) is 6.25. The van der Waals surface area contributed by atoms with E-state index in [-0.39, 0.29) is 5.54 Å². The minimum atomic E-state index is 0.250. The maximum absolute atomic E-state index is 4.39. The molecule has 2 rings (SSSR count). The minimum absolute atomic E-state index is 0.250. The summed E-state index contributed by atoms with van der Waals surface area (Å²) in [5, 5.41) is 3.80. The monoisotopic (exact) mass is 276 g/mol. The first kappa shape index (κ1) is 15.4. The Morgan fingerprint density at radius 2 is 1.95 bits per heavy atom. The molecule has 4 nitrogen and oxygen atoms in total. The zero-order valence-corrected chi connectivity index (χ0v) is 13.3. The van der Waals surface area contributed by atoms with Crippen molar-refractivity contribution in [1.82, 2.24) is 20.2 Å². The molecule has 1 saturated heterocycles. The molecular formula is C16H28N4. The Morgan fingerprint density at radius 3 is 2.50 bits per heavy atom. The molecule has 2 heterocycles. The Labute approximate surface area is 123 Å². The third-order valence-corrected chi connectivity index (χ3v) is 4.75. The lowest BCUT2D eigenvalue weighted by Crippen LogP contribution is -2.64. The van der Waals surface area contributed by atoms with Gasteiger partial charge in [0.2, 0.25) is 0 Å². The van der Waals surface area contributed by atoms with Crippen LogP contribution in [0.15, 0.2) is 18.5 Å². The van der Waals surface area contributed by atoms with Crippen molar-refractivity contribution in [3.8, 4) is 0 Å². The van der Waals surface area contributed by atoms with Crippen molar-refractivity contribution in [2.24, 2.45) is 5.92 Å². The molecule has 1 atom stereocenters. The van der Waals surface area contributed by atoms with E-state index < -0.39 is 0 Å². The fraction of sp³-hybridized carbons (Fsp3) is 0.750. The largest absolute Gasteiger partial charge is 0.308 e. The quantitative estimate of drug-likeness (QED) is 0.897. The maximum atomic E-state index is 4.39. The van der Waals surface area contributed by atoms with Gasteiger partial charge in [-0.2, -0.15) is 0 Å². The SMILES string of the molecule is CCC1(CC)CN(Cc2ncccn2)C(C(C)C)CN1. The molecule has 0 radical (unpaired) electrons. The molecule has 0 spiro atoms. The first-order chi connectivity index (χ1) is 9.60. The zero-order chi connectivity index (χ0) is 14.6. The van der Waals surface area contributed by atoms with Crippen LogP contribution in [0.25, 0.3) is 0 Å². The van der Waals surface area contributed by atoms with Crippen molar-refractivity contribution in [2.45, 2.75) is 58.7 Å². The number of hydrogen-bond acceptors (Lipinski definition) is 4. The third kappa shape index (κ3) is 3.36. The van der Waals surface area contributed by atoms with Crippen LogP contribution >= 0.6 is 0 Å². The van der Waals surface area contributed by atoms with E-state index in [9.17, 15) is 0 Å². The second-order valence-corrected chi connectivity index (χ2v) is 6.25. The van der Waals surface area contributed by atoms with Gasteiger partial charge in [0.25, 0.3) is 0 Å². The maximum Gasteiger partial charge on any atom is 0.142 e. The number of nitrogens with zero attached hydrogens (tertiary/aromatic N) is 3. The highest BCUT2D eigenvalue weighted by Gasteiger charge is 2.37. The molecule has 1 N–H and O–H groups in total.